The van der Waals surface area contributed by atoms with E-state index in [1.165, 1.54) is 12.1 Å². The van der Waals surface area contributed by atoms with Gasteiger partial charge in [-0.25, -0.2) is 4.57 Å². The van der Waals surface area contributed by atoms with Crippen LogP contribution in [0.3, 0.4) is 0 Å². The van der Waals surface area contributed by atoms with Gasteiger partial charge in [0.25, 0.3) is 0 Å². The number of aryl methyl sites for hydroxylation is 1. The zero-order valence-corrected chi connectivity index (χ0v) is 7.54. The predicted octanol–water partition coefficient (Wildman–Crippen LogP) is 2.02. The Morgan fingerprint density at radius 1 is 1.45 bits per heavy atom. The van der Waals surface area contributed by atoms with Gasteiger partial charge in [-0.05, 0) is 6.42 Å². The van der Waals surface area contributed by atoms with Crippen molar-refractivity contribution in [2.75, 3.05) is 0 Å². The van der Waals surface area contributed by atoms with E-state index in [-0.39, 0.29) is 0 Å². The van der Waals surface area contributed by atoms with Crippen LogP contribution < -0.4 is 4.57 Å². The maximum absolute atomic E-state index is 2.26. The summed E-state index contributed by atoms with van der Waals surface area (Å²) >= 11 is 0. The second kappa shape index (κ2) is 3.51. The van der Waals surface area contributed by atoms with E-state index in [0.717, 1.165) is 0 Å². The molecule has 0 fully saturated rings. The van der Waals surface area contributed by atoms with Crippen molar-refractivity contribution < 1.29 is 4.57 Å². The molecule has 0 radical (unpaired) electrons. The third kappa shape index (κ3) is 1.79. The molecule has 1 heterocycles. The molecule has 1 aromatic heterocycles. The fraction of sp³-hybridized carbons (Fsp3) is 0.500. The summed E-state index contributed by atoms with van der Waals surface area (Å²) in [6.07, 6.45) is 3.30. The van der Waals surface area contributed by atoms with Gasteiger partial charge in [-0.2, -0.15) is 0 Å². The molecule has 60 valence electrons. The van der Waals surface area contributed by atoms with E-state index in [4.69, 9.17) is 0 Å². The molecule has 0 aliphatic rings. The first-order chi connectivity index (χ1) is 5.25. The molecule has 1 unspecified atom stereocenters. The average Bonchev–Trinajstić information content (AvgIpc) is 2.04. The zero-order chi connectivity index (χ0) is 8.27. The Labute approximate surface area is 68.7 Å². The molecule has 0 N–H and O–H groups in total. The molecule has 0 bridgehead atoms. The van der Waals surface area contributed by atoms with Gasteiger partial charge in [0, 0.05) is 18.1 Å². The molecule has 1 aromatic rings. The third-order valence-corrected chi connectivity index (χ3v) is 2.21. The topological polar surface area (TPSA) is 3.88 Å². The van der Waals surface area contributed by atoms with Crippen molar-refractivity contribution in [3.8, 4) is 0 Å². The summed E-state index contributed by atoms with van der Waals surface area (Å²) in [5, 5.41) is 0. The van der Waals surface area contributed by atoms with E-state index in [1.54, 1.807) is 0 Å². The van der Waals surface area contributed by atoms with Gasteiger partial charge in [-0.1, -0.05) is 19.9 Å². The average molecular weight is 150 g/mol. The lowest BCUT2D eigenvalue weighted by molar-refractivity contribution is -0.680. The minimum atomic E-state index is 0.668. The number of pyridine rings is 1. The van der Waals surface area contributed by atoms with Crippen LogP contribution in [0.25, 0.3) is 0 Å². The highest BCUT2D eigenvalue weighted by molar-refractivity contribution is 5.01. The summed E-state index contributed by atoms with van der Waals surface area (Å²) in [6.45, 7) is 4.48. The van der Waals surface area contributed by atoms with Crippen molar-refractivity contribution >= 4 is 0 Å². The molecule has 0 spiro atoms. The van der Waals surface area contributed by atoms with E-state index in [1.807, 2.05) is 0 Å². The Morgan fingerprint density at radius 3 is 2.73 bits per heavy atom. The second-order valence-corrected chi connectivity index (χ2v) is 3.05. The van der Waals surface area contributed by atoms with Gasteiger partial charge in [0.15, 0.2) is 11.9 Å². The van der Waals surface area contributed by atoms with Gasteiger partial charge < -0.3 is 0 Å². The molecular formula is C10H16N+. The maximum atomic E-state index is 2.26. The Kier molecular flexibility index (Phi) is 2.64. The van der Waals surface area contributed by atoms with Crippen molar-refractivity contribution in [1.29, 1.82) is 0 Å². The maximum Gasteiger partial charge on any atom is 0.183 e. The van der Waals surface area contributed by atoms with E-state index in [2.05, 4.69) is 49.9 Å². The fourth-order valence-electron chi connectivity index (χ4n) is 1.26. The number of rotatable bonds is 2. The van der Waals surface area contributed by atoms with Crippen LogP contribution in [0.2, 0.25) is 0 Å². The van der Waals surface area contributed by atoms with E-state index >= 15 is 0 Å². The molecule has 0 aromatic carbocycles. The lowest BCUT2D eigenvalue weighted by Gasteiger charge is -2.04. The van der Waals surface area contributed by atoms with Crippen LogP contribution in [-0.4, -0.2) is 0 Å². The number of nitrogens with zero attached hydrogens (tertiary/aromatic N) is 1. The Hall–Kier alpha value is -0.850. The second-order valence-electron chi connectivity index (χ2n) is 3.05. The summed E-state index contributed by atoms with van der Waals surface area (Å²) in [6, 6.07) is 6.35. The highest BCUT2D eigenvalue weighted by atomic mass is 14.9. The molecule has 0 aliphatic heterocycles. The molecule has 1 rings (SSSR count). The summed E-state index contributed by atoms with van der Waals surface area (Å²) in [5.74, 6) is 0.668. The van der Waals surface area contributed by atoms with Gasteiger partial charge in [-0.3, -0.25) is 0 Å². The van der Waals surface area contributed by atoms with E-state index < -0.39 is 0 Å². The number of hydrogen-bond donors (Lipinski definition) is 0. The van der Waals surface area contributed by atoms with Gasteiger partial charge in [-0.15, -0.1) is 0 Å². The SMILES string of the molecule is CCC(C)c1cccc[n+]1C. The molecule has 1 heteroatoms. The molecule has 0 saturated carbocycles. The van der Waals surface area contributed by atoms with Crippen molar-refractivity contribution in [2.45, 2.75) is 26.2 Å². The van der Waals surface area contributed by atoms with Gasteiger partial charge >= 0.3 is 0 Å². The monoisotopic (exact) mass is 150 g/mol. The molecule has 1 nitrogen and oxygen atoms in total. The van der Waals surface area contributed by atoms with E-state index in [9.17, 15) is 0 Å². The van der Waals surface area contributed by atoms with Crippen molar-refractivity contribution in [1.82, 2.24) is 0 Å². The summed E-state index contributed by atoms with van der Waals surface area (Å²) < 4.78 is 2.19. The fourth-order valence-corrected chi connectivity index (χ4v) is 1.26. The van der Waals surface area contributed by atoms with E-state index in [0.29, 0.717) is 5.92 Å². The van der Waals surface area contributed by atoms with Crippen molar-refractivity contribution in [3.63, 3.8) is 0 Å². The first-order valence-electron chi connectivity index (χ1n) is 4.20. The minimum absolute atomic E-state index is 0.668. The molecule has 0 amide bonds. The van der Waals surface area contributed by atoms with Gasteiger partial charge in [0.2, 0.25) is 0 Å². The summed E-state index contributed by atoms with van der Waals surface area (Å²) in [7, 11) is 2.10. The van der Waals surface area contributed by atoms with Crippen LogP contribution in [0.5, 0.6) is 0 Å². The number of aromatic nitrogens is 1. The third-order valence-electron chi connectivity index (χ3n) is 2.21. The first kappa shape index (κ1) is 8.25. The minimum Gasteiger partial charge on any atom is -0.205 e. The smallest absolute Gasteiger partial charge is 0.183 e. The summed E-state index contributed by atoms with van der Waals surface area (Å²) in [4.78, 5) is 0. The van der Waals surface area contributed by atoms with Crippen LogP contribution in [0.15, 0.2) is 24.4 Å². The van der Waals surface area contributed by atoms with Crippen LogP contribution in [0.1, 0.15) is 31.9 Å². The normalized spacial score (nSPS) is 13.0. The molecule has 0 aliphatic carbocycles. The van der Waals surface area contributed by atoms with Crippen molar-refractivity contribution in [3.05, 3.63) is 30.1 Å². The molecular weight excluding hydrogens is 134 g/mol. The van der Waals surface area contributed by atoms with Crippen molar-refractivity contribution in [2.24, 2.45) is 7.05 Å². The Morgan fingerprint density at radius 2 is 2.18 bits per heavy atom. The zero-order valence-electron chi connectivity index (χ0n) is 7.54. The predicted molar refractivity (Wildman–Crippen MR) is 46.3 cm³/mol. The van der Waals surface area contributed by atoms with Crippen LogP contribution in [0.4, 0.5) is 0 Å². The van der Waals surface area contributed by atoms with Gasteiger partial charge in [0.05, 0.1) is 0 Å². The highest BCUT2D eigenvalue weighted by Crippen LogP contribution is 2.12. The quantitative estimate of drug-likeness (QED) is 0.568. The van der Waals surface area contributed by atoms with Crippen LogP contribution in [-0.2, 0) is 7.05 Å². The lowest BCUT2D eigenvalue weighted by Crippen LogP contribution is -2.33. The summed E-state index contributed by atoms with van der Waals surface area (Å²) in [5.41, 5.74) is 1.41. The lowest BCUT2D eigenvalue weighted by atomic mass is 10.0. The Bertz CT molecular complexity index is 230. The molecule has 11 heavy (non-hydrogen) atoms. The largest absolute Gasteiger partial charge is 0.205 e. The number of hydrogen-bond acceptors (Lipinski definition) is 0. The standard InChI is InChI=1S/C10H16N/c1-4-9(2)10-7-5-6-8-11(10)3/h5-9H,4H2,1-3H3/q+1. The molecule has 1 atom stereocenters. The molecule has 0 saturated heterocycles. The van der Waals surface area contributed by atoms with Crippen LogP contribution in [0, 0.1) is 0 Å². The van der Waals surface area contributed by atoms with Gasteiger partial charge in [0.1, 0.15) is 7.05 Å². The Balaban J connectivity index is 2.93. The first-order valence-corrected chi connectivity index (χ1v) is 4.20. The van der Waals surface area contributed by atoms with Crippen LogP contribution >= 0.6 is 0 Å². The highest BCUT2D eigenvalue weighted by Gasteiger charge is 2.11.